The van der Waals surface area contributed by atoms with Crippen LogP contribution in [0.25, 0.3) is 21.5 Å². The molecule has 382 valence electrons. The van der Waals surface area contributed by atoms with Gasteiger partial charge in [0.25, 0.3) is 82.4 Å². The number of nitrogens with zero attached hydrogens (tertiary/aromatic N) is 3. The summed E-state index contributed by atoms with van der Waals surface area (Å²) in [4.78, 5) is 41.4. The standard InChI is InChI=1S/C35H24N4O26S7/c40-15-37(28-11-23(66(45,46)47)3-17-5-25(68(51,52)53)13-31(33(17)28)71(60,61)62)21-7-19(36-35(42)27-2-1-20(39(43)44)10-30(27)70(57,58)59)8-22(9-21)38(16-41)29-12-24(67(48,49)50)4-18-6-26(69(54,55)56)14-32(34(18)29)72(63,64)65/h1-16H,(H,36,42)(H,45,46,47)(H,48,49,50)(H,51,52,53)(H,54,55,56)(H,57,58,59)(H,60,61,62)(H,63,64,65). The first-order valence-corrected chi connectivity index (χ1v) is 28.1. The summed E-state index contributed by atoms with van der Waals surface area (Å²) in [6.45, 7) is 0. The first-order chi connectivity index (χ1) is 32.7. The molecule has 0 aliphatic rings. The third-order valence-corrected chi connectivity index (χ3v) is 15.7. The van der Waals surface area contributed by atoms with Crippen LogP contribution in [0.4, 0.5) is 34.1 Å². The quantitative estimate of drug-likeness (QED) is 0.0298. The zero-order valence-electron chi connectivity index (χ0n) is 34.3. The Kier molecular flexibility index (Phi) is 13.8. The van der Waals surface area contributed by atoms with Crippen LogP contribution in [0.1, 0.15) is 10.4 Å². The molecule has 0 aromatic heterocycles. The highest BCUT2D eigenvalue weighted by atomic mass is 32.2. The van der Waals surface area contributed by atoms with E-state index in [9.17, 15) is 115 Å². The normalized spacial score (nSPS) is 12.9. The molecule has 0 aliphatic heterocycles. The molecule has 0 bridgehead atoms. The van der Waals surface area contributed by atoms with Crippen molar-refractivity contribution in [3.8, 4) is 0 Å². The number of benzene rings is 6. The van der Waals surface area contributed by atoms with Crippen molar-refractivity contribution in [2.24, 2.45) is 0 Å². The van der Waals surface area contributed by atoms with Crippen molar-refractivity contribution in [2.45, 2.75) is 34.3 Å². The van der Waals surface area contributed by atoms with E-state index in [-0.39, 0.29) is 40.8 Å². The second kappa shape index (κ2) is 18.3. The minimum atomic E-state index is -5.76. The Labute approximate surface area is 403 Å². The van der Waals surface area contributed by atoms with Gasteiger partial charge in [-0.15, -0.1) is 0 Å². The summed E-state index contributed by atoms with van der Waals surface area (Å²) in [5, 5.41) is 9.59. The SMILES string of the molecule is O=CN(c1cc(NC(=O)c2ccc([N+](=O)[O-])cc2S(=O)(=O)O)cc(N(C=O)c2cc(S(=O)(=O)O)cc3cc(S(=O)(=O)O)cc(S(=O)(=O)O)c23)c1)c1cc(S(=O)(=O)O)cc2cc(S(=O)(=O)O)cc(S(=O)(=O)O)c12. The predicted molar refractivity (Wildman–Crippen MR) is 240 cm³/mol. The highest BCUT2D eigenvalue weighted by molar-refractivity contribution is 7.88. The van der Waals surface area contributed by atoms with E-state index in [0.29, 0.717) is 66.7 Å². The van der Waals surface area contributed by atoms with Crippen molar-refractivity contribution in [2.75, 3.05) is 15.1 Å². The number of nitrogens with one attached hydrogen (secondary N) is 1. The van der Waals surface area contributed by atoms with Crippen LogP contribution in [-0.4, -0.2) is 114 Å². The van der Waals surface area contributed by atoms with E-state index in [2.05, 4.69) is 0 Å². The molecule has 8 N–H and O–H groups in total. The van der Waals surface area contributed by atoms with E-state index < -0.39 is 177 Å². The van der Waals surface area contributed by atoms with Gasteiger partial charge in [-0.05, 0) is 83.6 Å². The maximum absolute atomic E-state index is 13.9. The number of hydrogen-bond acceptors (Lipinski definition) is 19. The smallest absolute Gasteiger partial charge is 0.295 e. The van der Waals surface area contributed by atoms with Gasteiger partial charge in [0, 0.05) is 28.6 Å². The molecule has 0 radical (unpaired) electrons. The molecule has 0 aliphatic carbocycles. The van der Waals surface area contributed by atoms with Gasteiger partial charge in [-0.1, -0.05) is 0 Å². The van der Waals surface area contributed by atoms with E-state index in [0.717, 1.165) is 0 Å². The zero-order chi connectivity index (χ0) is 54.2. The number of amides is 3. The van der Waals surface area contributed by atoms with E-state index in [4.69, 9.17) is 0 Å². The van der Waals surface area contributed by atoms with Crippen LogP contribution < -0.4 is 15.1 Å². The minimum absolute atomic E-state index is 0.118. The van der Waals surface area contributed by atoms with Crippen molar-refractivity contribution in [1.82, 2.24) is 0 Å². The van der Waals surface area contributed by atoms with Crippen molar-refractivity contribution < 1.29 is 110 Å². The van der Waals surface area contributed by atoms with Crippen LogP contribution in [0, 0.1) is 10.1 Å². The molecule has 0 heterocycles. The molecular weight excluding hydrogens is 1120 g/mol. The van der Waals surface area contributed by atoms with Gasteiger partial charge in [-0.3, -0.25) is 66.2 Å². The number of anilines is 5. The van der Waals surface area contributed by atoms with Crippen LogP contribution in [-0.2, 0) is 80.4 Å². The molecule has 30 nitrogen and oxygen atoms in total. The fourth-order valence-electron chi connectivity index (χ4n) is 6.87. The summed E-state index contributed by atoms with van der Waals surface area (Å²) in [5.41, 5.74) is -6.99. The lowest BCUT2D eigenvalue weighted by atomic mass is 10.1. The van der Waals surface area contributed by atoms with Gasteiger partial charge in [0.1, 0.15) is 14.7 Å². The lowest BCUT2D eigenvalue weighted by molar-refractivity contribution is -0.385. The Morgan fingerprint density at radius 1 is 0.472 bits per heavy atom. The average Bonchev–Trinajstić information content (AvgIpc) is 3.23. The molecule has 0 fully saturated rings. The number of non-ortho nitro benzene ring substituents is 1. The van der Waals surface area contributed by atoms with Gasteiger partial charge in [-0.2, -0.15) is 58.9 Å². The lowest BCUT2D eigenvalue weighted by Crippen LogP contribution is -2.21. The number of rotatable bonds is 16. The number of fused-ring (bicyclic) bond motifs is 2. The summed E-state index contributed by atoms with van der Waals surface area (Å²) < 4.78 is 245. The van der Waals surface area contributed by atoms with E-state index in [1.165, 1.54) is 0 Å². The first-order valence-electron chi connectivity index (χ1n) is 18.1. The topological polar surface area (TPSA) is 493 Å². The molecular formula is C35H24N4O26S7. The van der Waals surface area contributed by atoms with Gasteiger partial charge in [-0.25, -0.2) is 0 Å². The Morgan fingerprint density at radius 2 is 0.819 bits per heavy atom. The molecule has 6 rings (SSSR count). The number of nitro groups is 1. The number of hydrogen-bond donors (Lipinski definition) is 8. The molecule has 6 aromatic rings. The van der Waals surface area contributed by atoms with Crippen molar-refractivity contribution in [1.29, 1.82) is 0 Å². The molecule has 0 saturated carbocycles. The monoisotopic (exact) mass is 1140 g/mol. The minimum Gasteiger partial charge on any atom is -0.322 e. The second-order valence-electron chi connectivity index (χ2n) is 14.3. The molecule has 6 aromatic carbocycles. The fraction of sp³-hybridized carbons (Fsp3) is 0. The van der Waals surface area contributed by atoms with Crippen LogP contribution in [0.15, 0.2) is 119 Å². The van der Waals surface area contributed by atoms with Gasteiger partial charge >= 0.3 is 0 Å². The summed E-state index contributed by atoms with van der Waals surface area (Å²) in [6.07, 6.45) is -0.644. The summed E-state index contributed by atoms with van der Waals surface area (Å²) >= 11 is 0. The Morgan fingerprint density at radius 3 is 1.12 bits per heavy atom. The van der Waals surface area contributed by atoms with Crippen LogP contribution >= 0.6 is 0 Å². The Balaban J connectivity index is 1.80. The molecule has 0 unspecified atom stereocenters. The van der Waals surface area contributed by atoms with E-state index >= 15 is 0 Å². The average molecular weight is 1140 g/mol. The molecule has 0 spiro atoms. The number of nitro benzene ring substituents is 1. The maximum atomic E-state index is 13.9. The lowest BCUT2D eigenvalue weighted by Gasteiger charge is -2.26. The first kappa shape index (κ1) is 54.4. The number of carbonyl (C=O) groups excluding carboxylic acids is 3. The third kappa shape index (κ3) is 11.1. The molecule has 0 atom stereocenters. The van der Waals surface area contributed by atoms with Crippen molar-refractivity contribution in [3.63, 3.8) is 0 Å². The van der Waals surface area contributed by atoms with Gasteiger partial charge in [0.05, 0.1) is 52.8 Å². The largest absolute Gasteiger partial charge is 0.322 e. The van der Waals surface area contributed by atoms with E-state index in [1.807, 2.05) is 5.32 Å². The van der Waals surface area contributed by atoms with Gasteiger partial charge < -0.3 is 5.32 Å². The highest BCUT2D eigenvalue weighted by Gasteiger charge is 2.31. The fourth-order valence-corrected chi connectivity index (χ4v) is 11.4. The summed E-state index contributed by atoms with van der Waals surface area (Å²) in [7, 11) is -39.0. The van der Waals surface area contributed by atoms with Crippen molar-refractivity contribution in [3.05, 3.63) is 101 Å². The third-order valence-electron chi connectivity index (χ3n) is 9.77. The maximum Gasteiger partial charge on any atom is 0.295 e. The van der Waals surface area contributed by atoms with Crippen LogP contribution in [0.2, 0.25) is 0 Å². The van der Waals surface area contributed by atoms with E-state index in [1.54, 1.807) is 0 Å². The second-order valence-corrected chi connectivity index (χ2v) is 24.2. The summed E-state index contributed by atoms with van der Waals surface area (Å²) in [5.74, 6) is -1.65. The summed E-state index contributed by atoms with van der Waals surface area (Å²) in [6, 6.07) is 5.59. The molecule has 0 saturated heterocycles. The molecule has 3 amide bonds. The Bertz CT molecular complexity index is 4030. The zero-order valence-corrected chi connectivity index (χ0v) is 40.0. The van der Waals surface area contributed by atoms with Crippen molar-refractivity contribution >= 4 is 145 Å². The molecule has 37 heteroatoms. The Hall–Kier alpha value is -6.98. The predicted octanol–water partition coefficient (Wildman–Crippen LogP) is 2.47. The highest BCUT2D eigenvalue weighted by Crippen LogP contribution is 2.44. The van der Waals surface area contributed by atoms with Gasteiger partial charge in [0.2, 0.25) is 12.8 Å². The van der Waals surface area contributed by atoms with Crippen LogP contribution in [0.5, 0.6) is 0 Å². The number of carbonyl (C=O) groups is 3. The molecule has 72 heavy (non-hydrogen) atoms. The van der Waals surface area contributed by atoms with Crippen LogP contribution in [0.3, 0.4) is 0 Å². The van der Waals surface area contributed by atoms with Gasteiger partial charge in [0.15, 0.2) is 0 Å².